The third-order valence-corrected chi connectivity index (χ3v) is 4.59. The topological polar surface area (TPSA) is 124 Å². The Hall–Kier alpha value is -2.61. The number of thiophene rings is 1. The quantitative estimate of drug-likeness (QED) is 0.685. The van der Waals surface area contributed by atoms with Crippen molar-refractivity contribution in [3.8, 4) is 5.75 Å². The number of carboxylic acids is 2. The average molecular weight is 321 g/mol. The van der Waals surface area contributed by atoms with Crippen LogP contribution in [0.5, 0.6) is 5.75 Å². The molecule has 1 heterocycles. The summed E-state index contributed by atoms with van der Waals surface area (Å²) in [7, 11) is 0. The number of amides is 1. The summed E-state index contributed by atoms with van der Waals surface area (Å²) < 4.78 is 0.121. The smallest absolute Gasteiger partial charge is 0.340 e. The lowest BCUT2D eigenvalue weighted by atomic mass is 10.1. The van der Waals surface area contributed by atoms with Gasteiger partial charge in [-0.15, -0.1) is 11.3 Å². The first-order valence-corrected chi connectivity index (χ1v) is 7.27. The average Bonchev–Trinajstić information content (AvgIpc) is 3.20. The molecule has 0 spiro atoms. The normalized spacial score (nSPS) is 14.0. The number of carboxylic acid groups (broad SMARTS) is 2. The van der Waals surface area contributed by atoms with Gasteiger partial charge in [-0.25, -0.2) is 9.59 Å². The van der Waals surface area contributed by atoms with Crippen LogP contribution < -0.4 is 5.32 Å². The van der Waals surface area contributed by atoms with E-state index in [-0.39, 0.29) is 38.0 Å². The molecular weight excluding hydrogens is 310 g/mol. The highest BCUT2D eigenvalue weighted by molar-refractivity contribution is 7.24. The van der Waals surface area contributed by atoms with Crippen LogP contribution >= 0.6 is 11.3 Å². The SMILES string of the molecule is O=C(O)c1c(NC(=O)C2CC2)sc2c(C(=O)O)c(O)ccc12. The summed E-state index contributed by atoms with van der Waals surface area (Å²) >= 11 is 0.841. The minimum atomic E-state index is -1.36. The number of anilines is 1. The molecule has 1 aliphatic rings. The largest absolute Gasteiger partial charge is 0.507 e. The van der Waals surface area contributed by atoms with Crippen LogP contribution in [0.15, 0.2) is 12.1 Å². The molecule has 0 bridgehead atoms. The predicted molar refractivity (Wildman–Crippen MR) is 78.8 cm³/mol. The highest BCUT2D eigenvalue weighted by Gasteiger charge is 2.32. The molecule has 0 atom stereocenters. The lowest BCUT2D eigenvalue weighted by molar-refractivity contribution is -0.117. The second kappa shape index (κ2) is 4.99. The van der Waals surface area contributed by atoms with Crippen LogP contribution in [-0.2, 0) is 4.79 Å². The monoisotopic (exact) mass is 321 g/mol. The number of rotatable bonds is 4. The lowest BCUT2D eigenvalue weighted by Gasteiger charge is -2.02. The maximum Gasteiger partial charge on any atom is 0.340 e. The number of aromatic carboxylic acids is 2. The number of carbonyl (C=O) groups excluding carboxylic acids is 1. The Labute approximate surface area is 127 Å². The van der Waals surface area contributed by atoms with E-state index in [4.69, 9.17) is 0 Å². The van der Waals surface area contributed by atoms with Crippen molar-refractivity contribution in [2.45, 2.75) is 12.8 Å². The van der Waals surface area contributed by atoms with Crippen LogP contribution in [0, 0.1) is 5.92 Å². The van der Waals surface area contributed by atoms with Gasteiger partial charge in [-0.1, -0.05) is 0 Å². The van der Waals surface area contributed by atoms with Crippen molar-refractivity contribution < 1.29 is 29.7 Å². The van der Waals surface area contributed by atoms with E-state index in [0.29, 0.717) is 0 Å². The highest BCUT2D eigenvalue weighted by atomic mass is 32.1. The van der Waals surface area contributed by atoms with Crippen molar-refractivity contribution in [1.29, 1.82) is 0 Å². The number of carbonyl (C=O) groups is 3. The van der Waals surface area contributed by atoms with Crippen LogP contribution in [0.2, 0.25) is 0 Å². The second-order valence-corrected chi connectivity index (χ2v) is 6.04. The fourth-order valence-corrected chi connectivity index (χ4v) is 3.45. The standard InChI is InChI=1S/C14H11NO6S/c16-7-4-3-6-8(13(18)19)12(15-11(17)5-1-2-5)22-10(6)9(7)14(20)21/h3-5,16H,1-2H2,(H,15,17)(H,18,19)(H,20,21). The number of nitrogens with one attached hydrogen (secondary N) is 1. The molecule has 114 valence electrons. The third kappa shape index (κ3) is 2.27. The van der Waals surface area contributed by atoms with Crippen LogP contribution in [-0.4, -0.2) is 33.2 Å². The lowest BCUT2D eigenvalue weighted by Crippen LogP contribution is -2.14. The summed E-state index contributed by atoms with van der Waals surface area (Å²) in [5.74, 6) is -3.45. The Kier molecular flexibility index (Phi) is 3.25. The molecule has 0 unspecified atom stereocenters. The first-order valence-electron chi connectivity index (χ1n) is 6.46. The van der Waals surface area contributed by atoms with Gasteiger partial charge in [0.25, 0.3) is 0 Å². The van der Waals surface area contributed by atoms with Gasteiger partial charge in [-0.3, -0.25) is 4.79 Å². The zero-order chi connectivity index (χ0) is 16.0. The van der Waals surface area contributed by atoms with E-state index in [0.717, 1.165) is 30.2 Å². The Morgan fingerprint density at radius 1 is 1.09 bits per heavy atom. The first kappa shape index (κ1) is 14.3. The van der Waals surface area contributed by atoms with E-state index < -0.39 is 17.7 Å². The minimum absolute atomic E-state index is 0.0903. The number of benzene rings is 1. The molecule has 0 aliphatic heterocycles. The Morgan fingerprint density at radius 3 is 2.27 bits per heavy atom. The van der Waals surface area contributed by atoms with E-state index in [1.54, 1.807) is 0 Å². The fourth-order valence-electron chi connectivity index (χ4n) is 2.22. The van der Waals surface area contributed by atoms with Crippen molar-refractivity contribution in [2.24, 2.45) is 5.92 Å². The van der Waals surface area contributed by atoms with Crippen molar-refractivity contribution in [2.75, 3.05) is 5.32 Å². The van der Waals surface area contributed by atoms with Crippen molar-refractivity contribution in [1.82, 2.24) is 0 Å². The van der Waals surface area contributed by atoms with Gasteiger partial charge in [0.05, 0.1) is 4.70 Å². The predicted octanol–water partition coefficient (Wildman–Crippen LogP) is 2.35. The number of phenols is 1. The molecular formula is C14H11NO6S. The maximum atomic E-state index is 11.8. The Morgan fingerprint density at radius 2 is 1.73 bits per heavy atom. The van der Waals surface area contributed by atoms with Crippen molar-refractivity contribution in [3.63, 3.8) is 0 Å². The summed E-state index contributed by atoms with van der Waals surface area (Å²) in [6.07, 6.45) is 1.53. The summed E-state index contributed by atoms with van der Waals surface area (Å²) in [6, 6.07) is 2.47. The van der Waals surface area contributed by atoms with Crippen LogP contribution in [0.4, 0.5) is 5.00 Å². The summed E-state index contributed by atoms with van der Waals surface area (Å²) in [5.41, 5.74) is -0.520. The molecule has 4 N–H and O–H groups in total. The molecule has 22 heavy (non-hydrogen) atoms. The molecule has 1 aliphatic carbocycles. The molecule has 1 fully saturated rings. The molecule has 2 aromatic rings. The van der Waals surface area contributed by atoms with E-state index in [1.807, 2.05) is 0 Å². The van der Waals surface area contributed by atoms with Crippen LogP contribution in [0.1, 0.15) is 33.6 Å². The molecule has 8 heteroatoms. The number of hydrogen-bond donors (Lipinski definition) is 4. The molecule has 1 aromatic heterocycles. The third-order valence-electron chi connectivity index (χ3n) is 3.45. The van der Waals surface area contributed by atoms with Gasteiger partial charge in [0.1, 0.15) is 21.9 Å². The molecule has 0 saturated heterocycles. The van der Waals surface area contributed by atoms with E-state index >= 15 is 0 Å². The van der Waals surface area contributed by atoms with Crippen LogP contribution in [0.3, 0.4) is 0 Å². The van der Waals surface area contributed by atoms with E-state index in [9.17, 15) is 29.7 Å². The van der Waals surface area contributed by atoms with Gasteiger partial charge < -0.3 is 20.6 Å². The molecule has 1 aromatic carbocycles. The molecule has 0 radical (unpaired) electrons. The summed E-state index contributed by atoms with van der Waals surface area (Å²) in [5, 5.41) is 31.1. The number of fused-ring (bicyclic) bond motifs is 1. The van der Waals surface area contributed by atoms with Crippen molar-refractivity contribution >= 4 is 44.3 Å². The van der Waals surface area contributed by atoms with Gasteiger partial charge in [0, 0.05) is 11.3 Å². The second-order valence-electron chi connectivity index (χ2n) is 5.02. The zero-order valence-corrected chi connectivity index (χ0v) is 11.9. The van der Waals surface area contributed by atoms with Crippen molar-refractivity contribution in [3.05, 3.63) is 23.3 Å². The van der Waals surface area contributed by atoms with Gasteiger partial charge in [0.2, 0.25) is 5.91 Å². The molecule has 1 saturated carbocycles. The van der Waals surface area contributed by atoms with Crippen LogP contribution in [0.25, 0.3) is 10.1 Å². The van der Waals surface area contributed by atoms with Gasteiger partial charge >= 0.3 is 11.9 Å². The first-order chi connectivity index (χ1) is 10.4. The number of aromatic hydroxyl groups is 1. The van der Waals surface area contributed by atoms with Gasteiger partial charge in [-0.2, -0.15) is 0 Å². The summed E-state index contributed by atoms with van der Waals surface area (Å²) in [4.78, 5) is 34.6. The Bertz CT molecular complexity index is 820. The maximum absolute atomic E-state index is 11.8. The van der Waals surface area contributed by atoms with Gasteiger partial charge in [0.15, 0.2) is 0 Å². The fraction of sp³-hybridized carbons (Fsp3) is 0.214. The molecule has 3 rings (SSSR count). The number of hydrogen-bond acceptors (Lipinski definition) is 5. The molecule has 7 nitrogen and oxygen atoms in total. The zero-order valence-electron chi connectivity index (χ0n) is 11.1. The van der Waals surface area contributed by atoms with Gasteiger partial charge in [-0.05, 0) is 25.0 Å². The highest BCUT2D eigenvalue weighted by Crippen LogP contribution is 2.41. The van der Waals surface area contributed by atoms with E-state index in [1.165, 1.54) is 6.07 Å². The summed E-state index contributed by atoms with van der Waals surface area (Å²) in [6.45, 7) is 0. The molecule has 1 amide bonds. The minimum Gasteiger partial charge on any atom is -0.507 e. The van der Waals surface area contributed by atoms with E-state index in [2.05, 4.69) is 5.32 Å². The Balaban J connectivity index is 2.20.